The molecule has 3 nitrogen and oxygen atoms in total. The predicted molar refractivity (Wildman–Crippen MR) is 72.7 cm³/mol. The van der Waals surface area contributed by atoms with Gasteiger partial charge in [0.25, 0.3) is 0 Å². The highest BCUT2D eigenvalue weighted by atomic mass is 15.4. The molecule has 0 saturated heterocycles. The van der Waals surface area contributed by atoms with Gasteiger partial charge in [-0.1, -0.05) is 41.1 Å². The van der Waals surface area contributed by atoms with Gasteiger partial charge in [-0.05, 0) is 24.4 Å². The summed E-state index contributed by atoms with van der Waals surface area (Å²) in [5, 5.41) is 11.9. The van der Waals surface area contributed by atoms with E-state index in [1.165, 1.54) is 21.7 Å². The van der Waals surface area contributed by atoms with Crippen LogP contribution in [0.25, 0.3) is 27.2 Å². The molecule has 0 N–H and O–H groups in total. The van der Waals surface area contributed by atoms with Gasteiger partial charge < -0.3 is 0 Å². The minimum Gasteiger partial charge on any atom is -0.212 e. The number of nitrogens with zero attached hydrogens (tertiary/aromatic N) is 3. The molecule has 0 bridgehead atoms. The van der Waals surface area contributed by atoms with Crippen molar-refractivity contribution in [2.75, 3.05) is 0 Å². The maximum absolute atomic E-state index is 4.19. The van der Waals surface area contributed by atoms with E-state index in [-0.39, 0.29) is 0 Å². The fourth-order valence-electron chi connectivity index (χ4n) is 2.59. The van der Waals surface area contributed by atoms with E-state index in [9.17, 15) is 0 Å². The second-order valence-electron chi connectivity index (χ2n) is 4.60. The van der Waals surface area contributed by atoms with Crippen molar-refractivity contribution in [1.82, 2.24) is 14.8 Å². The molecule has 0 aliphatic carbocycles. The number of aromatic nitrogens is 3. The molecule has 2 aromatic carbocycles. The van der Waals surface area contributed by atoms with Crippen LogP contribution in [0.1, 0.15) is 5.56 Å². The summed E-state index contributed by atoms with van der Waals surface area (Å²) in [6, 6.07) is 14.8. The molecular formula is C15H11N3. The Hall–Kier alpha value is -2.42. The Morgan fingerprint density at radius 3 is 2.61 bits per heavy atom. The average molecular weight is 233 g/mol. The summed E-state index contributed by atoms with van der Waals surface area (Å²) < 4.78 is 1.91. The number of fused-ring (bicyclic) bond motifs is 6. The number of rotatable bonds is 0. The lowest BCUT2D eigenvalue weighted by Gasteiger charge is -2.07. The van der Waals surface area contributed by atoms with Gasteiger partial charge >= 0.3 is 0 Å². The van der Waals surface area contributed by atoms with Crippen molar-refractivity contribution in [2.45, 2.75) is 6.92 Å². The molecule has 18 heavy (non-hydrogen) atoms. The normalized spacial score (nSPS) is 11.6. The zero-order valence-corrected chi connectivity index (χ0v) is 9.96. The quantitative estimate of drug-likeness (QED) is 0.436. The molecule has 0 radical (unpaired) electrons. The molecular weight excluding hydrogens is 222 g/mol. The smallest absolute Gasteiger partial charge is 0.0950 e. The Labute approximate surface area is 104 Å². The van der Waals surface area contributed by atoms with E-state index in [2.05, 4.69) is 59.7 Å². The van der Waals surface area contributed by atoms with E-state index in [4.69, 9.17) is 0 Å². The Bertz CT molecular complexity index is 890. The molecule has 2 aromatic heterocycles. The first kappa shape index (κ1) is 9.59. The number of pyridine rings is 1. The molecule has 0 spiro atoms. The number of aryl methyl sites for hydroxylation is 1. The van der Waals surface area contributed by atoms with E-state index < -0.39 is 0 Å². The van der Waals surface area contributed by atoms with Crippen molar-refractivity contribution in [3.63, 3.8) is 0 Å². The second-order valence-corrected chi connectivity index (χ2v) is 4.60. The summed E-state index contributed by atoms with van der Waals surface area (Å²) in [6.07, 6.45) is 1.82. The first-order chi connectivity index (χ1) is 8.84. The van der Waals surface area contributed by atoms with Crippen LogP contribution in [0.4, 0.5) is 0 Å². The number of hydrogen-bond acceptors (Lipinski definition) is 2. The van der Waals surface area contributed by atoms with Crippen LogP contribution in [0.2, 0.25) is 0 Å². The number of hydrogen-bond donors (Lipinski definition) is 0. The van der Waals surface area contributed by atoms with E-state index in [0.29, 0.717) is 0 Å². The van der Waals surface area contributed by atoms with Gasteiger partial charge in [-0.3, -0.25) is 0 Å². The number of benzene rings is 2. The Balaban J connectivity index is 2.44. The van der Waals surface area contributed by atoms with Crippen LogP contribution >= 0.6 is 0 Å². The lowest BCUT2D eigenvalue weighted by atomic mass is 10.0. The molecule has 0 aliphatic rings. The van der Waals surface area contributed by atoms with Crippen molar-refractivity contribution in [2.24, 2.45) is 0 Å². The van der Waals surface area contributed by atoms with Gasteiger partial charge in [0.05, 0.1) is 17.2 Å². The monoisotopic (exact) mass is 233 g/mol. The zero-order valence-electron chi connectivity index (χ0n) is 9.96. The van der Waals surface area contributed by atoms with Crippen LogP contribution in [0, 0.1) is 6.92 Å². The average Bonchev–Trinajstić information content (AvgIpc) is 2.88. The highest BCUT2D eigenvalue weighted by molar-refractivity contribution is 6.12. The molecule has 2 heterocycles. The van der Waals surface area contributed by atoms with Crippen LogP contribution < -0.4 is 0 Å². The molecule has 0 unspecified atom stereocenters. The van der Waals surface area contributed by atoms with E-state index in [1.54, 1.807) is 0 Å². The van der Waals surface area contributed by atoms with Crippen molar-refractivity contribution in [1.29, 1.82) is 0 Å². The van der Waals surface area contributed by atoms with E-state index in [1.807, 2.05) is 10.7 Å². The Morgan fingerprint density at radius 2 is 1.72 bits per heavy atom. The van der Waals surface area contributed by atoms with Crippen LogP contribution in [-0.4, -0.2) is 14.8 Å². The summed E-state index contributed by atoms with van der Waals surface area (Å²) in [7, 11) is 0. The third kappa shape index (κ3) is 1.13. The zero-order chi connectivity index (χ0) is 12.1. The highest BCUT2D eigenvalue weighted by Crippen LogP contribution is 2.28. The molecule has 0 aliphatic heterocycles. The highest BCUT2D eigenvalue weighted by Gasteiger charge is 2.08. The fourth-order valence-corrected chi connectivity index (χ4v) is 2.59. The van der Waals surface area contributed by atoms with Gasteiger partial charge in [-0.15, -0.1) is 5.10 Å². The van der Waals surface area contributed by atoms with Crippen LogP contribution in [0.15, 0.2) is 48.7 Å². The SMILES string of the molecule is Cc1ccc2c(c1)c1ccccc1c1cnnn21. The third-order valence-electron chi connectivity index (χ3n) is 3.42. The fraction of sp³-hybridized carbons (Fsp3) is 0.0667. The predicted octanol–water partition coefficient (Wildman–Crippen LogP) is 3.34. The molecule has 0 atom stereocenters. The molecule has 4 aromatic rings. The van der Waals surface area contributed by atoms with Crippen molar-refractivity contribution >= 4 is 27.2 Å². The molecule has 4 rings (SSSR count). The molecule has 0 amide bonds. The molecule has 86 valence electrons. The summed E-state index contributed by atoms with van der Waals surface area (Å²) in [5.41, 5.74) is 3.42. The van der Waals surface area contributed by atoms with Crippen LogP contribution in [-0.2, 0) is 0 Å². The van der Waals surface area contributed by atoms with Crippen molar-refractivity contribution < 1.29 is 0 Å². The van der Waals surface area contributed by atoms with Crippen molar-refractivity contribution in [3.8, 4) is 0 Å². The first-order valence-corrected chi connectivity index (χ1v) is 5.96. The van der Waals surface area contributed by atoms with E-state index >= 15 is 0 Å². The third-order valence-corrected chi connectivity index (χ3v) is 3.42. The minimum absolute atomic E-state index is 1.06. The molecule has 0 fully saturated rings. The molecule has 3 heteroatoms. The van der Waals surface area contributed by atoms with Crippen LogP contribution in [0.3, 0.4) is 0 Å². The molecule has 0 saturated carbocycles. The summed E-state index contributed by atoms with van der Waals surface area (Å²) in [6.45, 7) is 2.11. The lowest BCUT2D eigenvalue weighted by Crippen LogP contribution is -1.93. The van der Waals surface area contributed by atoms with Gasteiger partial charge in [0, 0.05) is 10.8 Å². The minimum atomic E-state index is 1.06. The summed E-state index contributed by atoms with van der Waals surface area (Å²) in [4.78, 5) is 0. The maximum atomic E-state index is 4.19. The van der Waals surface area contributed by atoms with Gasteiger partial charge in [-0.2, -0.15) is 0 Å². The van der Waals surface area contributed by atoms with Gasteiger partial charge in [0.15, 0.2) is 0 Å². The van der Waals surface area contributed by atoms with Gasteiger partial charge in [-0.25, -0.2) is 4.52 Å². The maximum Gasteiger partial charge on any atom is 0.0950 e. The lowest BCUT2D eigenvalue weighted by molar-refractivity contribution is 0.884. The summed E-state index contributed by atoms with van der Waals surface area (Å²) >= 11 is 0. The standard InChI is InChI=1S/C15H11N3/c1-10-6-7-14-13(8-10)11-4-2-3-5-12(11)15-9-16-17-18(14)15/h2-9H,1H3. The Morgan fingerprint density at radius 1 is 0.889 bits per heavy atom. The summed E-state index contributed by atoms with van der Waals surface area (Å²) in [5.74, 6) is 0. The first-order valence-electron chi connectivity index (χ1n) is 5.96. The van der Waals surface area contributed by atoms with Gasteiger partial charge in [0.2, 0.25) is 0 Å². The van der Waals surface area contributed by atoms with Gasteiger partial charge in [0.1, 0.15) is 0 Å². The largest absolute Gasteiger partial charge is 0.212 e. The Kier molecular flexibility index (Phi) is 1.75. The van der Waals surface area contributed by atoms with Crippen LogP contribution in [0.5, 0.6) is 0 Å². The van der Waals surface area contributed by atoms with E-state index in [0.717, 1.165) is 11.0 Å². The topological polar surface area (TPSA) is 30.2 Å². The van der Waals surface area contributed by atoms with Crippen molar-refractivity contribution in [3.05, 3.63) is 54.2 Å². The second kappa shape index (κ2) is 3.29.